The van der Waals surface area contributed by atoms with Gasteiger partial charge in [-0.2, -0.15) is 4.74 Å². The normalized spacial score (nSPS) is 10.7. The lowest BCUT2D eigenvalue weighted by molar-refractivity contribution is 0.323. The smallest absolute Gasteiger partial charge is 0.366 e. The molecular weight excluding hydrogens is 375 g/mol. The van der Waals surface area contributed by atoms with Gasteiger partial charge in [-0.05, 0) is 42.0 Å². The van der Waals surface area contributed by atoms with E-state index in [9.17, 15) is 9.18 Å². The Hall–Kier alpha value is -3.87. The Morgan fingerprint density at radius 3 is 2.24 bits per heavy atom. The van der Waals surface area contributed by atoms with Crippen molar-refractivity contribution in [2.45, 2.75) is 0 Å². The molecule has 0 saturated heterocycles. The lowest BCUT2D eigenvalue weighted by Crippen LogP contribution is -1.98. The number of aromatic nitrogens is 2. The lowest BCUT2D eigenvalue weighted by atomic mass is 10.0. The molecule has 2 heterocycles. The van der Waals surface area contributed by atoms with E-state index in [-0.39, 0.29) is 5.82 Å². The Labute approximate surface area is 165 Å². The van der Waals surface area contributed by atoms with E-state index in [1.165, 1.54) is 24.0 Å². The van der Waals surface area contributed by atoms with E-state index in [2.05, 4.69) is 4.98 Å². The van der Waals surface area contributed by atoms with E-state index in [1.54, 1.807) is 62.0 Å². The molecule has 0 bridgehead atoms. The zero-order valence-electron chi connectivity index (χ0n) is 15.8. The molecule has 146 valence electrons. The van der Waals surface area contributed by atoms with E-state index >= 15 is 0 Å². The highest BCUT2D eigenvalue weighted by Crippen LogP contribution is 2.35. The number of hydrogen-bond donors (Lipinski definition) is 0. The van der Waals surface area contributed by atoms with Crippen molar-refractivity contribution in [2.24, 2.45) is 0 Å². The Kier molecular flexibility index (Phi) is 4.87. The number of nitrogens with zero attached hydrogens (tertiary/aromatic N) is 2. The van der Waals surface area contributed by atoms with Crippen LogP contribution in [0.4, 0.5) is 4.39 Å². The van der Waals surface area contributed by atoms with Gasteiger partial charge in [0.1, 0.15) is 11.5 Å². The van der Waals surface area contributed by atoms with Gasteiger partial charge in [0, 0.05) is 24.0 Å². The molecule has 0 atom stereocenters. The summed E-state index contributed by atoms with van der Waals surface area (Å²) in [5.74, 6) is 0.656. The van der Waals surface area contributed by atoms with Gasteiger partial charge in [-0.15, -0.1) is 0 Å². The van der Waals surface area contributed by atoms with Gasteiger partial charge in [-0.1, -0.05) is 12.1 Å². The lowest BCUT2D eigenvalue weighted by Gasteiger charge is -2.12. The molecule has 6 nitrogen and oxygen atoms in total. The van der Waals surface area contributed by atoms with Crippen LogP contribution in [0.2, 0.25) is 0 Å². The summed E-state index contributed by atoms with van der Waals surface area (Å²) in [4.78, 5) is 16.9. The van der Waals surface area contributed by atoms with Crippen molar-refractivity contribution in [3.63, 3.8) is 0 Å². The fourth-order valence-electron chi connectivity index (χ4n) is 3.15. The van der Waals surface area contributed by atoms with E-state index in [0.29, 0.717) is 34.0 Å². The molecule has 0 saturated carbocycles. The number of pyridine rings is 1. The van der Waals surface area contributed by atoms with Crippen molar-refractivity contribution >= 4 is 0 Å². The quantitative estimate of drug-likeness (QED) is 0.506. The van der Waals surface area contributed by atoms with Crippen molar-refractivity contribution in [3.8, 4) is 39.6 Å². The second kappa shape index (κ2) is 7.63. The molecule has 4 aromatic rings. The Morgan fingerprint density at radius 1 is 0.897 bits per heavy atom. The van der Waals surface area contributed by atoms with E-state index in [1.807, 2.05) is 0 Å². The first-order valence-corrected chi connectivity index (χ1v) is 8.77. The topological polar surface area (TPSA) is 66.5 Å². The third-order valence-electron chi connectivity index (χ3n) is 4.51. The fourth-order valence-corrected chi connectivity index (χ4v) is 3.15. The van der Waals surface area contributed by atoms with Crippen LogP contribution in [0.25, 0.3) is 28.1 Å². The minimum absolute atomic E-state index is 0.325. The molecule has 2 aromatic heterocycles. The average Bonchev–Trinajstić information content (AvgIpc) is 3.11. The number of ether oxygens (including phenoxy) is 2. The maximum absolute atomic E-state index is 13.4. The molecule has 7 heteroatoms. The van der Waals surface area contributed by atoms with Crippen LogP contribution in [0.3, 0.4) is 0 Å². The summed E-state index contributed by atoms with van der Waals surface area (Å²) < 4.78 is 31.1. The standard InChI is InChI=1S/C22H17FN2O4/c1-27-18-8-7-17(13-19(18)28-2)25-21(15-9-11-24-12-10-15)20(22(26)29-25)14-3-5-16(23)6-4-14/h3-13H,1-2H3. The summed E-state index contributed by atoms with van der Waals surface area (Å²) in [5.41, 5.74) is 2.14. The highest BCUT2D eigenvalue weighted by atomic mass is 19.1. The molecule has 29 heavy (non-hydrogen) atoms. The highest BCUT2D eigenvalue weighted by molar-refractivity contribution is 5.81. The van der Waals surface area contributed by atoms with Crippen molar-refractivity contribution in [3.05, 3.63) is 83.2 Å². The van der Waals surface area contributed by atoms with Gasteiger partial charge in [0.15, 0.2) is 11.5 Å². The van der Waals surface area contributed by atoms with Gasteiger partial charge in [0.2, 0.25) is 0 Å². The molecule has 0 fully saturated rings. The van der Waals surface area contributed by atoms with Gasteiger partial charge in [0.05, 0.1) is 25.5 Å². The minimum Gasteiger partial charge on any atom is -0.493 e. The average molecular weight is 392 g/mol. The summed E-state index contributed by atoms with van der Waals surface area (Å²) in [6.45, 7) is 0. The van der Waals surface area contributed by atoms with Crippen LogP contribution in [-0.2, 0) is 0 Å². The largest absolute Gasteiger partial charge is 0.493 e. The molecule has 0 radical (unpaired) electrons. The van der Waals surface area contributed by atoms with Gasteiger partial charge in [0.25, 0.3) is 0 Å². The number of hydrogen-bond acceptors (Lipinski definition) is 5. The third-order valence-corrected chi connectivity index (χ3v) is 4.51. The number of rotatable bonds is 5. The van der Waals surface area contributed by atoms with Crippen LogP contribution >= 0.6 is 0 Å². The first-order chi connectivity index (χ1) is 14.1. The molecule has 0 aliphatic rings. The van der Waals surface area contributed by atoms with E-state index < -0.39 is 5.63 Å². The van der Waals surface area contributed by atoms with Crippen molar-refractivity contribution in [1.82, 2.24) is 9.72 Å². The van der Waals surface area contributed by atoms with Crippen LogP contribution < -0.4 is 15.1 Å². The third kappa shape index (κ3) is 3.38. The SMILES string of the molecule is COc1ccc(-n2oc(=O)c(-c3ccc(F)cc3)c2-c2ccncc2)cc1OC. The van der Waals surface area contributed by atoms with Crippen molar-refractivity contribution in [1.29, 1.82) is 0 Å². The Balaban J connectivity index is 2.00. The summed E-state index contributed by atoms with van der Waals surface area (Å²) in [6, 6.07) is 14.4. The molecule has 0 spiro atoms. The van der Waals surface area contributed by atoms with Crippen LogP contribution in [-0.4, -0.2) is 23.9 Å². The highest BCUT2D eigenvalue weighted by Gasteiger charge is 2.22. The van der Waals surface area contributed by atoms with Crippen LogP contribution in [0.5, 0.6) is 11.5 Å². The van der Waals surface area contributed by atoms with E-state index in [4.69, 9.17) is 14.0 Å². The molecule has 0 unspecified atom stereocenters. The summed E-state index contributed by atoms with van der Waals surface area (Å²) in [6.07, 6.45) is 3.25. The second-order valence-electron chi connectivity index (χ2n) is 6.18. The maximum Gasteiger partial charge on any atom is 0.366 e. The zero-order valence-corrected chi connectivity index (χ0v) is 15.8. The monoisotopic (exact) mass is 392 g/mol. The molecule has 0 aliphatic carbocycles. The summed E-state index contributed by atoms with van der Waals surface area (Å²) in [7, 11) is 3.07. The zero-order chi connectivity index (χ0) is 20.4. The van der Waals surface area contributed by atoms with E-state index in [0.717, 1.165) is 5.56 Å². The first kappa shape index (κ1) is 18.5. The number of halogens is 1. The van der Waals surface area contributed by atoms with Crippen molar-refractivity contribution < 1.29 is 18.4 Å². The van der Waals surface area contributed by atoms with Gasteiger partial charge in [-0.25, -0.2) is 9.18 Å². The fraction of sp³-hybridized carbons (Fsp3) is 0.0909. The van der Waals surface area contributed by atoms with Crippen LogP contribution in [0.1, 0.15) is 0 Å². The first-order valence-electron chi connectivity index (χ1n) is 8.77. The predicted octanol–water partition coefficient (Wildman–Crippen LogP) is 4.32. The van der Waals surface area contributed by atoms with Crippen LogP contribution in [0.15, 0.2) is 76.3 Å². The predicted molar refractivity (Wildman–Crippen MR) is 106 cm³/mol. The Bertz CT molecular complexity index is 1200. The molecule has 2 aromatic carbocycles. The van der Waals surface area contributed by atoms with Gasteiger partial charge < -0.3 is 14.0 Å². The second-order valence-corrected chi connectivity index (χ2v) is 6.18. The van der Waals surface area contributed by atoms with Gasteiger partial charge >= 0.3 is 5.63 Å². The number of benzene rings is 2. The van der Waals surface area contributed by atoms with Crippen LogP contribution in [0, 0.1) is 5.82 Å². The molecule has 0 amide bonds. The molecule has 0 aliphatic heterocycles. The minimum atomic E-state index is -0.543. The Morgan fingerprint density at radius 2 is 1.59 bits per heavy atom. The van der Waals surface area contributed by atoms with Crippen molar-refractivity contribution in [2.75, 3.05) is 14.2 Å². The molecule has 4 rings (SSSR count). The summed E-state index contributed by atoms with van der Waals surface area (Å²) >= 11 is 0. The maximum atomic E-state index is 13.4. The molecule has 0 N–H and O–H groups in total. The summed E-state index contributed by atoms with van der Waals surface area (Å²) in [5, 5.41) is 0. The number of methoxy groups -OCH3 is 2. The molecular formula is C22H17FN2O4. The van der Waals surface area contributed by atoms with Gasteiger partial charge in [-0.3, -0.25) is 4.98 Å².